The Morgan fingerprint density at radius 2 is 2.17 bits per heavy atom. The highest BCUT2D eigenvalue weighted by atomic mass is 16.5. The molecule has 1 unspecified atom stereocenters. The van der Waals surface area contributed by atoms with Crippen LogP contribution in [0.4, 0.5) is 0 Å². The van der Waals surface area contributed by atoms with E-state index in [1.807, 2.05) is 0 Å². The molecule has 3 atom stereocenters. The highest BCUT2D eigenvalue weighted by Gasteiger charge is 2.50. The highest BCUT2D eigenvalue weighted by Crippen LogP contribution is 2.53. The molecule has 0 aromatic carbocycles. The predicted octanol–water partition coefficient (Wildman–Crippen LogP) is 2.99. The molecule has 2 heterocycles. The van der Waals surface area contributed by atoms with E-state index in [1.54, 1.807) is 0 Å². The summed E-state index contributed by atoms with van der Waals surface area (Å²) in [5.74, 6) is 0.764. The van der Waals surface area contributed by atoms with Gasteiger partial charge < -0.3 is 4.74 Å². The number of hydrogen-bond acceptors (Lipinski definition) is 1. The average Bonchev–Trinajstić information content (AvgIpc) is 2.08. The molecule has 0 spiro atoms. The lowest BCUT2D eigenvalue weighted by atomic mass is 9.61. The molecule has 3 aliphatic rings. The van der Waals surface area contributed by atoms with Crippen molar-refractivity contribution in [1.29, 1.82) is 0 Å². The molecule has 0 aromatic heterocycles. The van der Waals surface area contributed by atoms with E-state index in [0.29, 0.717) is 5.41 Å². The van der Waals surface area contributed by atoms with Crippen molar-refractivity contribution in [3.63, 3.8) is 0 Å². The maximum atomic E-state index is 5.97. The van der Waals surface area contributed by atoms with Gasteiger partial charge in [0.1, 0.15) is 0 Å². The summed E-state index contributed by atoms with van der Waals surface area (Å²) in [6.07, 6.45) is 5.36. The van der Waals surface area contributed by atoms with Crippen LogP contribution in [0.25, 0.3) is 0 Å². The van der Waals surface area contributed by atoms with E-state index in [-0.39, 0.29) is 5.60 Å². The molecular weight excluding hydrogens is 148 g/mol. The molecule has 1 nitrogen and oxygen atoms in total. The van der Waals surface area contributed by atoms with Gasteiger partial charge >= 0.3 is 0 Å². The molecule has 0 amide bonds. The fraction of sp³-hybridized carbons (Fsp3) is 1.00. The van der Waals surface area contributed by atoms with E-state index in [2.05, 4.69) is 20.8 Å². The van der Waals surface area contributed by atoms with Gasteiger partial charge in [-0.05, 0) is 43.9 Å². The van der Waals surface area contributed by atoms with Gasteiger partial charge in [-0.25, -0.2) is 0 Å². The van der Waals surface area contributed by atoms with Gasteiger partial charge in [0.05, 0.1) is 12.2 Å². The molecule has 2 saturated heterocycles. The van der Waals surface area contributed by atoms with Gasteiger partial charge in [-0.2, -0.15) is 0 Å². The number of hydrogen-bond donors (Lipinski definition) is 0. The monoisotopic (exact) mass is 168 g/mol. The standard InChI is InChI=1S/C11H20O/c1-4-11-6-5-10(3,12-8-11)9(2)7-11/h9H,4-8H2,1-3H3/t9?,10-,11+/m1/s1. The predicted molar refractivity (Wildman–Crippen MR) is 50.1 cm³/mol. The molecule has 3 fully saturated rings. The van der Waals surface area contributed by atoms with Crippen molar-refractivity contribution in [2.45, 2.75) is 52.1 Å². The first-order chi connectivity index (χ1) is 5.60. The van der Waals surface area contributed by atoms with Crippen LogP contribution in [0.3, 0.4) is 0 Å². The SMILES string of the molecule is CC[C@@]12CC[C@@](C)(OC1)C(C)C2. The van der Waals surface area contributed by atoms with Crippen molar-refractivity contribution in [3.05, 3.63) is 0 Å². The van der Waals surface area contributed by atoms with E-state index >= 15 is 0 Å². The van der Waals surface area contributed by atoms with Crippen molar-refractivity contribution < 1.29 is 4.74 Å². The van der Waals surface area contributed by atoms with Gasteiger partial charge in [0.2, 0.25) is 0 Å². The Labute approximate surface area is 75.5 Å². The fourth-order valence-corrected chi connectivity index (χ4v) is 2.81. The molecule has 0 radical (unpaired) electrons. The lowest BCUT2D eigenvalue weighted by Crippen LogP contribution is -2.54. The minimum atomic E-state index is 0.219. The van der Waals surface area contributed by atoms with Gasteiger partial charge in [0, 0.05) is 0 Å². The molecule has 0 aromatic rings. The molecule has 70 valence electrons. The quantitative estimate of drug-likeness (QED) is 0.585. The number of rotatable bonds is 1. The first kappa shape index (κ1) is 8.55. The van der Waals surface area contributed by atoms with E-state index in [0.717, 1.165) is 12.5 Å². The van der Waals surface area contributed by atoms with Crippen LogP contribution in [-0.2, 0) is 4.74 Å². The van der Waals surface area contributed by atoms with Crippen molar-refractivity contribution >= 4 is 0 Å². The van der Waals surface area contributed by atoms with Crippen LogP contribution in [0, 0.1) is 11.3 Å². The maximum Gasteiger partial charge on any atom is 0.0680 e. The first-order valence-corrected chi connectivity index (χ1v) is 5.24. The zero-order valence-corrected chi connectivity index (χ0v) is 8.52. The Morgan fingerprint density at radius 1 is 1.42 bits per heavy atom. The normalized spacial score (nSPS) is 52.8. The lowest BCUT2D eigenvalue weighted by Gasteiger charge is -2.55. The number of ether oxygens (including phenoxy) is 1. The summed E-state index contributed by atoms with van der Waals surface area (Å²) in [6, 6.07) is 0. The lowest BCUT2D eigenvalue weighted by molar-refractivity contribution is -0.204. The minimum absolute atomic E-state index is 0.219. The third kappa shape index (κ3) is 1.02. The van der Waals surface area contributed by atoms with E-state index in [9.17, 15) is 0 Å². The van der Waals surface area contributed by atoms with Crippen molar-refractivity contribution in [2.24, 2.45) is 11.3 Å². The van der Waals surface area contributed by atoms with Gasteiger partial charge in [-0.3, -0.25) is 0 Å². The van der Waals surface area contributed by atoms with Gasteiger partial charge in [-0.1, -0.05) is 13.8 Å². The second kappa shape index (κ2) is 2.47. The molecule has 1 aliphatic carbocycles. The Kier molecular flexibility index (Phi) is 1.76. The zero-order chi connectivity index (χ0) is 8.82. The third-order valence-electron chi connectivity index (χ3n) is 4.39. The molecule has 12 heavy (non-hydrogen) atoms. The Balaban J connectivity index is 2.19. The number of fused-ring (bicyclic) bond motifs is 3. The fourth-order valence-electron chi connectivity index (χ4n) is 2.81. The van der Waals surface area contributed by atoms with Crippen LogP contribution >= 0.6 is 0 Å². The van der Waals surface area contributed by atoms with E-state index in [1.165, 1.54) is 25.7 Å². The molecular formula is C11H20O. The van der Waals surface area contributed by atoms with Crippen LogP contribution < -0.4 is 0 Å². The molecule has 1 heteroatoms. The molecule has 0 N–H and O–H groups in total. The van der Waals surface area contributed by atoms with Gasteiger partial charge in [0.25, 0.3) is 0 Å². The first-order valence-electron chi connectivity index (χ1n) is 5.24. The third-order valence-corrected chi connectivity index (χ3v) is 4.39. The molecule has 2 bridgehead atoms. The van der Waals surface area contributed by atoms with Crippen LogP contribution in [0.15, 0.2) is 0 Å². The van der Waals surface area contributed by atoms with E-state index < -0.39 is 0 Å². The summed E-state index contributed by atoms with van der Waals surface area (Å²) in [4.78, 5) is 0. The zero-order valence-electron chi connectivity index (χ0n) is 8.52. The topological polar surface area (TPSA) is 9.23 Å². The molecule has 3 rings (SSSR count). The van der Waals surface area contributed by atoms with Crippen LogP contribution in [0.2, 0.25) is 0 Å². The smallest absolute Gasteiger partial charge is 0.0680 e. The van der Waals surface area contributed by atoms with Gasteiger partial charge in [-0.15, -0.1) is 0 Å². The summed E-state index contributed by atoms with van der Waals surface area (Å²) in [6.45, 7) is 7.97. The van der Waals surface area contributed by atoms with Crippen molar-refractivity contribution in [1.82, 2.24) is 0 Å². The molecule has 1 saturated carbocycles. The summed E-state index contributed by atoms with van der Waals surface area (Å²) in [5.41, 5.74) is 0.772. The second-order valence-corrected chi connectivity index (χ2v) is 5.06. The highest BCUT2D eigenvalue weighted by molar-refractivity contribution is 4.99. The van der Waals surface area contributed by atoms with Crippen LogP contribution in [0.5, 0.6) is 0 Å². The summed E-state index contributed by atoms with van der Waals surface area (Å²) < 4.78 is 5.97. The van der Waals surface area contributed by atoms with Crippen molar-refractivity contribution in [3.8, 4) is 0 Å². The largest absolute Gasteiger partial charge is 0.374 e. The Hall–Kier alpha value is -0.0400. The Morgan fingerprint density at radius 3 is 2.58 bits per heavy atom. The summed E-state index contributed by atoms with van der Waals surface area (Å²) >= 11 is 0. The average molecular weight is 168 g/mol. The maximum absolute atomic E-state index is 5.97. The second-order valence-electron chi connectivity index (χ2n) is 5.06. The summed E-state index contributed by atoms with van der Waals surface area (Å²) in [7, 11) is 0. The molecule has 2 aliphatic heterocycles. The van der Waals surface area contributed by atoms with E-state index in [4.69, 9.17) is 4.74 Å². The van der Waals surface area contributed by atoms with Crippen LogP contribution in [0.1, 0.15) is 46.5 Å². The van der Waals surface area contributed by atoms with Crippen molar-refractivity contribution in [2.75, 3.05) is 6.61 Å². The Bertz CT molecular complexity index is 177. The minimum Gasteiger partial charge on any atom is -0.374 e. The van der Waals surface area contributed by atoms with Gasteiger partial charge in [0.15, 0.2) is 0 Å². The summed E-state index contributed by atoms with van der Waals surface area (Å²) in [5, 5.41) is 0. The van der Waals surface area contributed by atoms with Crippen LogP contribution in [-0.4, -0.2) is 12.2 Å².